The predicted octanol–water partition coefficient (Wildman–Crippen LogP) is 2.58. The number of carbonyl (C=O) groups excluding carboxylic acids is 1. The van der Waals surface area contributed by atoms with Crippen LogP contribution in [0.1, 0.15) is 28.8 Å². The minimum Gasteiger partial charge on any atom is -0.450 e. The van der Waals surface area contributed by atoms with Crippen molar-refractivity contribution >= 4 is 23.5 Å². The van der Waals surface area contributed by atoms with Crippen LogP contribution in [0.15, 0.2) is 48.8 Å². The van der Waals surface area contributed by atoms with Crippen molar-refractivity contribution in [1.82, 2.24) is 14.3 Å². The summed E-state index contributed by atoms with van der Waals surface area (Å²) in [4.78, 5) is 29.7. The number of rotatable bonds is 4. The van der Waals surface area contributed by atoms with Gasteiger partial charge in [-0.3, -0.25) is 10.2 Å². The summed E-state index contributed by atoms with van der Waals surface area (Å²) in [6.45, 7) is 0.924. The lowest BCUT2D eigenvalue weighted by Crippen LogP contribution is -2.41. The zero-order valence-electron chi connectivity index (χ0n) is 16.1. The highest BCUT2D eigenvalue weighted by atomic mass is 16.7. The smallest absolute Gasteiger partial charge is 0.450 e. The van der Waals surface area contributed by atoms with Crippen LogP contribution in [0.3, 0.4) is 0 Å². The number of ether oxygens (including phenoxy) is 1. The van der Waals surface area contributed by atoms with E-state index >= 15 is 0 Å². The highest BCUT2D eigenvalue weighted by Gasteiger charge is 2.25. The van der Waals surface area contributed by atoms with E-state index in [1.54, 1.807) is 35.4 Å². The van der Waals surface area contributed by atoms with Crippen LogP contribution in [0.25, 0.3) is 16.9 Å². The van der Waals surface area contributed by atoms with Crippen LogP contribution >= 0.6 is 0 Å². The fourth-order valence-electron chi connectivity index (χ4n) is 3.58. The first-order valence-electron chi connectivity index (χ1n) is 9.53. The monoisotopic (exact) mass is 407 g/mol. The van der Waals surface area contributed by atoms with Crippen molar-refractivity contribution in [3.8, 4) is 11.3 Å². The van der Waals surface area contributed by atoms with Crippen LogP contribution in [-0.4, -0.2) is 56.5 Å². The number of likely N-dealkylation sites (tertiary alicyclic amines) is 1. The van der Waals surface area contributed by atoms with Crippen LogP contribution in [0, 0.1) is 5.41 Å². The van der Waals surface area contributed by atoms with E-state index in [9.17, 15) is 9.59 Å². The molecule has 4 N–H and O–H groups in total. The molecular formula is C21H21N5O4. The largest absolute Gasteiger partial charge is 0.506 e. The Bertz CT molecular complexity index is 1110. The number of amidine groups is 1. The second-order valence-electron chi connectivity index (χ2n) is 7.18. The molecule has 1 aliphatic rings. The number of imidazole rings is 1. The topological polar surface area (TPSA) is 134 Å². The van der Waals surface area contributed by atoms with E-state index in [4.69, 9.17) is 21.0 Å². The van der Waals surface area contributed by atoms with Crippen molar-refractivity contribution in [3.05, 3.63) is 59.9 Å². The molecule has 0 unspecified atom stereocenters. The number of piperidine rings is 1. The van der Waals surface area contributed by atoms with Crippen LogP contribution < -0.4 is 5.73 Å². The SMILES string of the molecule is N=C(N)c1ccc2nc(-c3ccc(C(=O)N4CCC(OC(=O)O)CC4)cc3)cn2c1. The van der Waals surface area contributed by atoms with Gasteiger partial charge in [-0.15, -0.1) is 0 Å². The zero-order valence-corrected chi connectivity index (χ0v) is 16.1. The third-order valence-corrected chi connectivity index (χ3v) is 5.19. The molecule has 154 valence electrons. The van der Waals surface area contributed by atoms with Gasteiger partial charge in [-0.2, -0.15) is 0 Å². The average Bonchev–Trinajstić information content (AvgIpc) is 3.17. The zero-order chi connectivity index (χ0) is 21.3. The number of fused-ring (bicyclic) bond motifs is 1. The average molecular weight is 407 g/mol. The van der Waals surface area contributed by atoms with Gasteiger partial charge in [0, 0.05) is 55.0 Å². The van der Waals surface area contributed by atoms with Gasteiger partial charge in [0.05, 0.1) is 5.69 Å². The number of hydrogen-bond donors (Lipinski definition) is 3. The fraction of sp³-hybridized carbons (Fsp3) is 0.238. The summed E-state index contributed by atoms with van der Waals surface area (Å²) in [6, 6.07) is 10.8. The molecule has 0 saturated carbocycles. The summed E-state index contributed by atoms with van der Waals surface area (Å²) in [5, 5.41) is 16.2. The molecule has 0 aliphatic carbocycles. The van der Waals surface area contributed by atoms with Gasteiger partial charge in [-0.25, -0.2) is 9.78 Å². The van der Waals surface area contributed by atoms with E-state index in [1.165, 1.54) is 0 Å². The molecule has 9 nitrogen and oxygen atoms in total. The summed E-state index contributed by atoms with van der Waals surface area (Å²) in [5.74, 6) is -0.0926. The van der Waals surface area contributed by atoms with Gasteiger partial charge in [-0.1, -0.05) is 12.1 Å². The van der Waals surface area contributed by atoms with E-state index in [0.29, 0.717) is 37.1 Å². The Balaban J connectivity index is 1.46. The molecule has 1 fully saturated rings. The van der Waals surface area contributed by atoms with Crippen LogP contribution in [-0.2, 0) is 4.74 Å². The molecule has 3 aromatic rings. The molecule has 4 rings (SSSR count). The van der Waals surface area contributed by atoms with Crippen molar-refractivity contribution in [2.75, 3.05) is 13.1 Å². The molecule has 2 aromatic heterocycles. The molecule has 1 amide bonds. The van der Waals surface area contributed by atoms with E-state index in [2.05, 4.69) is 4.98 Å². The minimum absolute atomic E-state index is 0.00595. The van der Waals surface area contributed by atoms with Crippen LogP contribution in [0.5, 0.6) is 0 Å². The van der Waals surface area contributed by atoms with Crippen molar-refractivity contribution < 1.29 is 19.4 Å². The molecule has 1 aliphatic heterocycles. The number of hydrogen-bond acceptors (Lipinski definition) is 5. The maximum absolute atomic E-state index is 12.7. The normalized spacial score (nSPS) is 14.6. The molecule has 0 spiro atoms. The Kier molecular flexibility index (Phi) is 5.09. The van der Waals surface area contributed by atoms with Crippen molar-refractivity contribution in [2.45, 2.75) is 18.9 Å². The number of amides is 1. The first-order chi connectivity index (χ1) is 14.4. The number of benzene rings is 1. The Morgan fingerprint density at radius 1 is 1.07 bits per heavy atom. The summed E-state index contributed by atoms with van der Waals surface area (Å²) >= 11 is 0. The number of nitrogens with one attached hydrogen (secondary N) is 1. The Labute approximate surface area is 172 Å². The number of pyridine rings is 1. The maximum Gasteiger partial charge on any atom is 0.506 e. The number of nitrogen functional groups attached to an aromatic ring is 1. The van der Waals surface area contributed by atoms with Gasteiger partial charge in [0.2, 0.25) is 0 Å². The lowest BCUT2D eigenvalue weighted by molar-refractivity contribution is 0.0199. The minimum atomic E-state index is -1.28. The first kappa shape index (κ1) is 19.4. The standard InChI is InChI=1S/C21H21N5O4/c22-19(23)15-5-6-18-24-17(12-26(18)11-15)13-1-3-14(4-2-13)20(27)25-9-7-16(8-10-25)30-21(28)29/h1-6,11-12,16H,7-10H2,(H3,22,23)(H,28,29). The molecule has 9 heteroatoms. The third kappa shape index (κ3) is 3.95. The Morgan fingerprint density at radius 2 is 1.73 bits per heavy atom. The van der Waals surface area contributed by atoms with E-state index in [-0.39, 0.29) is 17.8 Å². The number of aromatic nitrogens is 2. The van der Waals surface area contributed by atoms with Gasteiger partial charge in [0.25, 0.3) is 5.91 Å². The number of nitrogens with zero attached hydrogens (tertiary/aromatic N) is 3. The summed E-state index contributed by atoms with van der Waals surface area (Å²) in [6.07, 6.45) is 2.97. The summed E-state index contributed by atoms with van der Waals surface area (Å²) < 4.78 is 6.60. The molecule has 0 radical (unpaired) electrons. The Hall–Kier alpha value is -3.88. The number of carboxylic acid groups (broad SMARTS) is 1. The molecular weight excluding hydrogens is 386 g/mol. The van der Waals surface area contributed by atoms with Crippen LogP contribution in [0.2, 0.25) is 0 Å². The van der Waals surface area contributed by atoms with Gasteiger partial charge in [-0.05, 0) is 24.3 Å². The summed E-state index contributed by atoms with van der Waals surface area (Å²) in [5.41, 5.74) is 9.08. The second-order valence-corrected chi connectivity index (χ2v) is 7.18. The second kappa shape index (κ2) is 7.86. The molecule has 1 saturated heterocycles. The molecule has 3 heterocycles. The molecule has 0 bridgehead atoms. The van der Waals surface area contributed by atoms with E-state index < -0.39 is 6.16 Å². The van der Waals surface area contributed by atoms with Gasteiger partial charge >= 0.3 is 6.16 Å². The lowest BCUT2D eigenvalue weighted by Gasteiger charge is -2.31. The summed E-state index contributed by atoms with van der Waals surface area (Å²) in [7, 11) is 0. The van der Waals surface area contributed by atoms with Crippen molar-refractivity contribution in [1.29, 1.82) is 5.41 Å². The number of nitrogens with two attached hydrogens (primary N) is 1. The Morgan fingerprint density at radius 3 is 2.37 bits per heavy atom. The van der Waals surface area contributed by atoms with E-state index in [1.807, 2.05) is 22.7 Å². The van der Waals surface area contributed by atoms with Gasteiger partial charge < -0.3 is 24.9 Å². The van der Waals surface area contributed by atoms with Gasteiger partial charge in [0.1, 0.15) is 17.6 Å². The fourth-order valence-corrected chi connectivity index (χ4v) is 3.58. The molecule has 0 atom stereocenters. The lowest BCUT2D eigenvalue weighted by atomic mass is 10.0. The third-order valence-electron chi connectivity index (χ3n) is 5.19. The molecule has 30 heavy (non-hydrogen) atoms. The van der Waals surface area contributed by atoms with Crippen molar-refractivity contribution in [2.24, 2.45) is 5.73 Å². The van der Waals surface area contributed by atoms with E-state index in [0.717, 1.165) is 16.9 Å². The molecule has 1 aromatic carbocycles. The highest BCUT2D eigenvalue weighted by Crippen LogP contribution is 2.22. The highest BCUT2D eigenvalue weighted by molar-refractivity contribution is 5.95. The number of carbonyl (C=O) groups is 2. The quantitative estimate of drug-likeness (QED) is 0.346. The van der Waals surface area contributed by atoms with Crippen molar-refractivity contribution in [3.63, 3.8) is 0 Å². The first-order valence-corrected chi connectivity index (χ1v) is 9.53. The maximum atomic E-state index is 12.7. The predicted molar refractivity (Wildman–Crippen MR) is 110 cm³/mol. The van der Waals surface area contributed by atoms with Gasteiger partial charge in [0.15, 0.2) is 0 Å². The van der Waals surface area contributed by atoms with Crippen LogP contribution in [0.4, 0.5) is 4.79 Å².